The number of hydrogen-bond donors (Lipinski definition) is 1. The number of nitrogens with one attached hydrogen (secondary N) is 1. The molecule has 1 N–H and O–H groups in total. The number of allylic oxidation sites excluding steroid dienone is 1. The van der Waals surface area contributed by atoms with Gasteiger partial charge >= 0.3 is 5.97 Å². The Kier molecular flexibility index (Phi) is 8.81. The molecule has 0 unspecified atom stereocenters. The van der Waals surface area contributed by atoms with Gasteiger partial charge in [-0.25, -0.2) is 14.8 Å². The van der Waals surface area contributed by atoms with Crippen LogP contribution < -0.4 is 29.9 Å². The molecule has 5 rings (SSSR count). The van der Waals surface area contributed by atoms with Crippen molar-refractivity contribution in [2.75, 3.05) is 14.2 Å². The number of aryl methyl sites for hydroxylation is 1. The lowest BCUT2D eigenvalue weighted by atomic mass is 9.94. The maximum atomic E-state index is 14.0. The van der Waals surface area contributed by atoms with Crippen molar-refractivity contribution >= 4 is 51.1 Å². The zero-order chi connectivity index (χ0) is 31.0. The molecule has 1 aromatic carbocycles. The van der Waals surface area contributed by atoms with E-state index in [1.54, 1.807) is 58.0 Å². The zero-order valence-electron chi connectivity index (χ0n) is 24.0. The summed E-state index contributed by atoms with van der Waals surface area (Å²) >= 11 is 5.78. The number of ether oxygens (including phenoxy) is 3. The van der Waals surface area contributed by atoms with Gasteiger partial charge in [-0.05, 0) is 79.7 Å². The number of carbonyl (C=O) groups excluding carboxylic acids is 1. The number of hydrogen-bond acceptors (Lipinski definition) is 11. The van der Waals surface area contributed by atoms with E-state index in [0.29, 0.717) is 58.3 Å². The second-order valence-electron chi connectivity index (χ2n) is 9.72. The number of halogens is 1. The van der Waals surface area contributed by atoms with E-state index in [2.05, 4.69) is 30.9 Å². The van der Waals surface area contributed by atoms with Gasteiger partial charge in [-0.2, -0.15) is 0 Å². The Morgan fingerprint density at radius 1 is 1.19 bits per heavy atom. The highest BCUT2D eigenvalue weighted by Crippen LogP contribution is 2.38. The summed E-state index contributed by atoms with van der Waals surface area (Å²) in [4.78, 5) is 51.3. The van der Waals surface area contributed by atoms with E-state index in [1.807, 2.05) is 0 Å². The van der Waals surface area contributed by atoms with E-state index in [9.17, 15) is 14.4 Å². The van der Waals surface area contributed by atoms with Crippen LogP contribution in [-0.4, -0.2) is 40.8 Å². The van der Waals surface area contributed by atoms with Crippen LogP contribution in [0, 0.1) is 6.92 Å². The number of carbonyl (C=O) groups is 1. The van der Waals surface area contributed by atoms with E-state index < -0.39 is 12.0 Å². The smallest absolute Gasteiger partial charge is 0.338 e. The maximum absolute atomic E-state index is 14.0. The van der Waals surface area contributed by atoms with Crippen LogP contribution in [0.3, 0.4) is 0 Å². The largest absolute Gasteiger partial charge is 0.497 e. The van der Waals surface area contributed by atoms with Gasteiger partial charge in [-0.15, -0.1) is 0 Å². The summed E-state index contributed by atoms with van der Waals surface area (Å²) < 4.78 is 25.1. The lowest BCUT2D eigenvalue weighted by molar-refractivity contribution is -0.143. The van der Waals surface area contributed by atoms with Crippen molar-refractivity contribution in [3.8, 4) is 11.5 Å². The van der Waals surface area contributed by atoms with E-state index in [4.69, 9.17) is 18.6 Å². The van der Waals surface area contributed by atoms with Crippen molar-refractivity contribution in [2.24, 2.45) is 4.99 Å². The number of fused-ring (bicyclic) bond motifs is 1. The topological polar surface area (TPSA) is 138 Å². The van der Waals surface area contributed by atoms with Crippen molar-refractivity contribution < 1.29 is 23.4 Å². The predicted octanol–water partition coefficient (Wildman–Crippen LogP) is 4.10. The fraction of sp³-hybridized carbons (Fsp3) is 0.276. The van der Waals surface area contributed by atoms with Gasteiger partial charge in [-0.1, -0.05) is 11.3 Å². The first kappa shape index (κ1) is 30.6. The van der Waals surface area contributed by atoms with E-state index in [1.165, 1.54) is 24.9 Å². The van der Waals surface area contributed by atoms with Gasteiger partial charge in [0.05, 0.1) is 40.6 Å². The second kappa shape index (κ2) is 12.4. The number of nitrogens with zero attached hydrogens (tertiary/aromatic N) is 3. The molecule has 0 aliphatic carbocycles. The molecule has 0 bridgehead atoms. The molecule has 224 valence electrons. The number of rotatable bonds is 8. The molecule has 43 heavy (non-hydrogen) atoms. The first-order valence-electron chi connectivity index (χ1n) is 13.0. The molecule has 14 heteroatoms. The van der Waals surface area contributed by atoms with Gasteiger partial charge in [0.1, 0.15) is 23.3 Å². The first-order valence-corrected chi connectivity index (χ1v) is 15.4. The van der Waals surface area contributed by atoms with Gasteiger partial charge in [0.2, 0.25) is 0 Å². The molecule has 1 atom stereocenters. The summed E-state index contributed by atoms with van der Waals surface area (Å²) in [6.07, 6.45) is 1.22. The van der Waals surface area contributed by atoms with Crippen LogP contribution in [0.2, 0.25) is 0 Å². The highest BCUT2D eigenvalue weighted by molar-refractivity contribution is 9.10. The van der Waals surface area contributed by atoms with Crippen molar-refractivity contribution in [3.63, 3.8) is 0 Å². The number of methoxy groups -OCH3 is 2. The van der Waals surface area contributed by atoms with Crippen LogP contribution in [-0.2, 0) is 9.53 Å². The minimum atomic E-state index is -0.895. The zero-order valence-corrected chi connectivity index (χ0v) is 27.2. The highest BCUT2D eigenvalue weighted by Gasteiger charge is 2.36. The Morgan fingerprint density at radius 2 is 1.95 bits per heavy atom. The molecule has 4 aromatic rings. The molecule has 1 aliphatic heterocycles. The SMILES string of the molecule is COc1ccc(OC)c([C@H]2C(C(=O)OC(C)C)=C(C)N=c3s/c(=C\c4cc(Br)c(Sc5nc(C)cc(=O)[nH]5)o4)c(=O)n32)c1. The summed E-state index contributed by atoms with van der Waals surface area (Å²) in [5.41, 5.74) is 1.11. The van der Waals surface area contributed by atoms with Gasteiger partial charge < -0.3 is 23.6 Å². The molecule has 0 radical (unpaired) electrons. The Hall–Kier alpha value is -3.88. The average molecular weight is 688 g/mol. The van der Waals surface area contributed by atoms with Gasteiger partial charge in [0.25, 0.3) is 11.1 Å². The van der Waals surface area contributed by atoms with Crippen molar-refractivity contribution in [1.29, 1.82) is 0 Å². The summed E-state index contributed by atoms with van der Waals surface area (Å²) in [5.74, 6) is 0.795. The van der Waals surface area contributed by atoms with Crippen molar-refractivity contribution in [3.05, 3.63) is 93.1 Å². The fourth-order valence-electron chi connectivity index (χ4n) is 4.53. The Morgan fingerprint density at radius 3 is 2.63 bits per heavy atom. The normalized spacial score (nSPS) is 15.0. The number of benzene rings is 1. The Bertz CT molecular complexity index is 2010. The number of aromatic nitrogens is 3. The summed E-state index contributed by atoms with van der Waals surface area (Å²) in [5, 5.41) is 0.816. The fourth-order valence-corrected chi connectivity index (χ4v) is 6.92. The van der Waals surface area contributed by atoms with E-state index >= 15 is 0 Å². The Balaban J connectivity index is 1.65. The number of furan rings is 1. The summed E-state index contributed by atoms with van der Waals surface area (Å²) in [7, 11) is 3.05. The van der Waals surface area contributed by atoms with Crippen LogP contribution in [0.5, 0.6) is 11.5 Å². The Labute approximate surface area is 262 Å². The minimum absolute atomic E-state index is 0.221. The number of aromatic amines is 1. The average Bonchev–Trinajstić information content (AvgIpc) is 3.43. The van der Waals surface area contributed by atoms with Crippen LogP contribution >= 0.6 is 39.0 Å². The van der Waals surface area contributed by atoms with Crippen molar-refractivity contribution in [2.45, 2.75) is 50.1 Å². The van der Waals surface area contributed by atoms with Crippen LogP contribution in [0.25, 0.3) is 6.08 Å². The molecule has 4 heterocycles. The van der Waals surface area contributed by atoms with E-state index in [-0.39, 0.29) is 22.8 Å². The van der Waals surface area contributed by atoms with E-state index in [0.717, 1.165) is 23.1 Å². The lowest BCUT2D eigenvalue weighted by Gasteiger charge is -2.26. The number of H-pyrrole nitrogens is 1. The third kappa shape index (κ3) is 6.26. The number of esters is 1. The number of thiazole rings is 1. The van der Waals surface area contributed by atoms with Gasteiger partial charge in [-0.3, -0.25) is 14.2 Å². The molecule has 1 aliphatic rings. The molecule has 0 fully saturated rings. The minimum Gasteiger partial charge on any atom is -0.497 e. The molecule has 0 spiro atoms. The molecule has 11 nitrogen and oxygen atoms in total. The molecular formula is C29H27BrN4O7S2. The molecule has 0 amide bonds. The maximum Gasteiger partial charge on any atom is 0.338 e. The first-order chi connectivity index (χ1) is 20.5. The summed E-state index contributed by atoms with van der Waals surface area (Å²) in [6, 6.07) is 7.42. The van der Waals surface area contributed by atoms with Crippen LogP contribution in [0.1, 0.15) is 43.8 Å². The van der Waals surface area contributed by atoms with Crippen LogP contribution in [0.15, 0.2) is 75.3 Å². The monoisotopic (exact) mass is 686 g/mol. The third-order valence-electron chi connectivity index (χ3n) is 6.30. The highest BCUT2D eigenvalue weighted by atomic mass is 79.9. The molecule has 0 saturated carbocycles. The van der Waals surface area contributed by atoms with Crippen molar-refractivity contribution in [1.82, 2.24) is 14.5 Å². The van der Waals surface area contributed by atoms with Gasteiger partial charge in [0.15, 0.2) is 15.1 Å². The predicted molar refractivity (Wildman–Crippen MR) is 165 cm³/mol. The molecule has 3 aromatic heterocycles. The standard InChI is InChI=1S/C29H27BrN4O7S2/c1-13(2)40-26(37)23-15(4)32-29-34(24(23)18-10-16(38-5)7-8-20(18)39-6)25(36)21(42-29)12-17-11-19(30)27(41-17)43-28-31-14(3)9-22(35)33-28/h7-13,24H,1-6H3,(H,31,33,35)/b21-12-/t24-/m0/s1. The second-order valence-corrected chi connectivity index (χ2v) is 12.5. The van der Waals surface area contributed by atoms with Crippen LogP contribution in [0.4, 0.5) is 0 Å². The molecule has 0 saturated heterocycles. The summed E-state index contributed by atoms with van der Waals surface area (Å²) in [6.45, 7) is 6.95. The lowest BCUT2D eigenvalue weighted by Crippen LogP contribution is -2.40. The van der Waals surface area contributed by atoms with Gasteiger partial charge in [0, 0.05) is 23.4 Å². The quantitative estimate of drug-likeness (QED) is 0.214. The molecular weight excluding hydrogens is 660 g/mol. The third-order valence-corrected chi connectivity index (χ3v) is 9.01.